The van der Waals surface area contributed by atoms with E-state index in [1.54, 1.807) is 0 Å². The van der Waals surface area contributed by atoms with Crippen LogP contribution in [0.1, 0.15) is 23.6 Å². The van der Waals surface area contributed by atoms with Crippen LogP contribution in [0, 0.1) is 0 Å². The molecule has 0 radical (unpaired) electrons. The number of fused-ring (bicyclic) bond motifs is 1. The van der Waals surface area contributed by atoms with Gasteiger partial charge in [-0.15, -0.1) is 0 Å². The molecule has 3 aromatic carbocycles. The molecule has 1 aliphatic heterocycles. The summed E-state index contributed by atoms with van der Waals surface area (Å²) >= 11 is 0. The maximum atomic E-state index is 13.6. The number of carbonyl (C=O) groups is 1. The number of hydrogen-bond donors (Lipinski definition) is 0. The molecule has 0 saturated carbocycles. The van der Waals surface area contributed by atoms with Gasteiger partial charge in [0.05, 0.1) is 0 Å². The highest BCUT2D eigenvalue weighted by atomic mass is 16.2. The molecule has 3 aromatic rings. The van der Waals surface area contributed by atoms with E-state index < -0.39 is 0 Å². The highest BCUT2D eigenvalue weighted by Gasteiger charge is 2.32. The molecule has 0 bridgehead atoms. The lowest BCUT2D eigenvalue weighted by molar-refractivity contribution is -0.113. The van der Waals surface area contributed by atoms with Gasteiger partial charge in [-0.05, 0) is 42.2 Å². The molecule has 0 aliphatic carbocycles. The molecule has 0 fully saturated rings. The molecule has 0 saturated heterocycles. The molecule has 4 rings (SSSR count). The monoisotopic (exact) mass is 339 g/mol. The third-order valence-electron chi connectivity index (χ3n) is 4.85. The van der Waals surface area contributed by atoms with Crippen LogP contribution in [-0.2, 0) is 11.2 Å². The van der Waals surface area contributed by atoms with Crippen LogP contribution in [0.4, 0.5) is 5.69 Å². The van der Waals surface area contributed by atoms with Crippen LogP contribution in [0.3, 0.4) is 0 Å². The second-order valence-corrected chi connectivity index (χ2v) is 6.69. The van der Waals surface area contributed by atoms with E-state index in [1.165, 1.54) is 5.56 Å². The molecule has 1 heterocycles. The average Bonchev–Trinajstić information content (AvgIpc) is 3.03. The van der Waals surface area contributed by atoms with Crippen molar-refractivity contribution in [2.75, 3.05) is 4.90 Å². The number of nitrogens with zero attached hydrogens (tertiary/aromatic N) is 1. The molecular weight excluding hydrogens is 318 g/mol. The zero-order chi connectivity index (χ0) is 17.9. The predicted molar refractivity (Wildman–Crippen MR) is 108 cm³/mol. The summed E-state index contributed by atoms with van der Waals surface area (Å²) in [6.07, 6.45) is 2.89. The quantitative estimate of drug-likeness (QED) is 0.474. The Morgan fingerprint density at radius 1 is 0.885 bits per heavy atom. The molecule has 2 heteroatoms. The van der Waals surface area contributed by atoms with Gasteiger partial charge in [0, 0.05) is 17.3 Å². The van der Waals surface area contributed by atoms with Crippen LogP contribution < -0.4 is 4.90 Å². The Bertz CT molecular complexity index is 944. The Balaban J connectivity index is 1.80. The maximum Gasteiger partial charge on any atom is 0.259 e. The van der Waals surface area contributed by atoms with Gasteiger partial charge >= 0.3 is 0 Å². The molecule has 0 unspecified atom stereocenters. The van der Waals surface area contributed by atoms with Crippen molar-refractivity contribution in [3.63, 3.8) is 0 Å². The van der Waals surface area contributed by atoms with Gasteiger partial charge in [-0.3, -0.25) is 4.79 Å². The zero-order valence-electron chi connectivity index (χ0n) is 14.8. The van der Waals surface area contributed by atoms with Gasteiger partial charge in [0.1, 0.15) is 0 Å². The van der Waals surface area contributed by atoms with Crippen LogP contribution in [0.25, 0.3) is 11.6 Å². The fourth-order valence-electron chi connectivity index (χ4n) is 3.61. The number of benzene rings is 3. The van der Waals surface area contributed by atoms with Crippen molar-refractivity contribution >= 4 is 23.2 Å². The molecule has 26 heavy (non-hydrogen) atoms. The van der Waals surface area contributed by atoms with E-state index in [9.17, 15) is 4.79 Å². The minimum atomic E-state index is 0.0532. The number of anilines is 1. The van der Waals surface area contributed by atoms with Gasteiger partial charge in [0.2, 0.25) is 0 Å². The zero-order valence-corrected chi connectivity index (χ0v) is 14.8. The van der Waals surface area contributed by atoms with E-state index in [2.05, 4.69) is 13.0 Å². The maximum absolute atomic E-state index is 13.6. The third kappa shape index (κ3) is 3.06. The Kier molecular flexibility index (Phi) is 4.40. The second kappa shape index (κ2) is 7.01. The fourth-order valence-corrected chi connectivity index (χ4v) is 3.61. The number of carbonyl (C=O) groups excluding carboxylic acids is 1. The van der Waals surface area contributed by atoms with Crippen molar-refractivity contribution in [2.24, 2.45) is 0 Å². The summed E-state index contributed by atoms with van der Waals surface area (Å²) < 4.78 is 0. The van der Waals surface area contributed by atoms with Crippen molar-refractivity contribution < 1.29 is 4.79 Å². The highest BCUT2D eigenvalue weighted by Crippen LogP contribution is 2.34. The van der Waals surface area contributed by atoms with Crippen LogP contribution in [0.15, 0.2) is 84.9 Å². The van der Waals surface area contributed by atoms with Crippen molar-refractivity contribution in [2.45, 2.75) is 19.4 Å². The summed E-state index contributed by atoms with van der Waals surface area (Å²) in [5, 5.41) is 0. The number of rotatable bonds is 3. The van der Waals surface area contributed by atoms with E-state index >= 15 is 0 Å². The Morgan fingerprint density at radius 2 is 1.50 bits per heavy atom. The first kappa shape index (κ1) is 16.3. The molecule has 1 aliphatic rings. The lowest BCUT2D eigenvalue weighted by Crippen LogP contribution is -2.36. The average molecular weight is 339 g/mol. The third-order valence-corrected chi connectivity index (χ3v) is 4.85. The van der Waals surface area contributed by atoms with Gasteiger partial charge in [-0.2, -0.15) is 0 Å². The smallest absolute Gasteiger partial charge is 0.259 e. The predicted octanol–water partition coefficient (Wildman–Crippen LogP) is 5.21. The molecule has 1 atom stereocenters. The molecule has 128 valence electrons. The SMILES string of the molecule is C[C@@H]1Cc2ccccc2N1C(=O)/C(=C/c1ccccc1)c1ccccc1. The molecule has 0 N–H and O–H groups in total. The molecule has 0 spiro atoms. The van der Waals surface area contributed by atoms with Crippen LogP contribution in [0.2, 0.25) is 0 Å². The topological polar surface area (TPSA) is 20.3 Å². The molecule has 0 aromatic heterocycles. The first-order chi connectivity index (χ1) is 12.7. The Labute approximate surface area is 154 Å². The van der Waals surface area contributed by atoms with Crippen LogP contribution in [0.5, 0.6) is 0 Å². The van der Waals surface area contributed by atoms with Crippen LogP contribution >= 0.6 is 0 Å². The first-order valence-electron chi connectivity index (χ1n) is 8.97. The van der Waals surface area contributed by atoms with Crippen molar-refractivity contribution in [3.8, 4) is 0 Å². The summed E-state index contributed by atoms with van der Waals surface area (Å²) in [4.78, 5) is 15.5. The summed E-state index contributed by atoms with van der Waals surface area (Å²) in [5.41, 5.74) is 4.96. The number of hydrogen-bond acceptors (Lipinski definition) is 1. The van der Waals surface area contributed by atoms with E-state index in [4.69, 9.17) is 0 Å². The first-order valence-corrected chi connectivity index (χ1v) is 8.97. The van der Waals surface area contributed by atoms with Crippen LogP contribution in [-0.4, -0.2) is 11.9 Å². The van der Waals surface area contributed by atoms with Gasteiger partial charge in [-0.25, -0.2) is 0 Å². The summed E-state index contributed by atoms with van der Waals surface area (Å²) in [5.74, 6) is 0.0532. The highest BCUT2D eigenvalue weighted by molar-refractivity contribution is 6.30. The molecule has 2 nitrogen and oxygen atoms in total. The molecule has 1 amide bonds. The van der Waals surface area contributed by atoms with Crippen molar-refractivity contribution in [3.05, 3.63) is 102 Å². The van der Waals surface area contributed by atoms with Gasteiger partial charge in [0.15, 0.2) is 0 Å². The van der Waals surface area contributed by atoms with Gasteiger partial charge in [-0.1, -0.05) is 78.9 Å². The Morgan fingerprint density at radius 3 is 2.23 bits per heavy atom. The number of para-hydroxylation sites is 1. The van der Waals surface area contributed by atoms with Gasteiger partial charge < -0.3 is 4.90 Å². The lowest BCUT2D eigenvalue weighted by Gasteiger charge is -2.24. The second-order valence-electron chi connectivity index (χ2n) is 6.69. The standard InChI is InChI=1S/C24H21NO/c1-18-16-21-14-8-9-15-23(21)25(18)24(26)22(20-12-6-3-7-13-20)17-19-10-4-2-5-11-19/h2-15,17-18H,16H2,1H3/b22-17+/t18-/m1/s1. The van der Waals surface area contributed by atoms with E-state index in [1.807, 2.05) is 89.8 Å². The van der Waals surface area contributed by atoms with E-state index in [0.717, 1.165) is 28.8 Å². The van der Waals surface area contributed by atoms with Crippen molar-refractivity contribution in [1.82, 2.24) is 0 Å². The molecular formula is C24H21NO. The minimum absolute atomic E-state index is 0.0532. The Hall–Kier alpha value is -3.13. The number of amides is 1. The van der Waals surface area contributed by atoms with Gasteiger partial charge in [0.25, 0.3) is 5.91 Å². The fraction of sp³-hybridized carbons (Fsp3) is 0.125. The lowest BCUT2D eigenvalue weighted by atomic mass is 10.0. The summed E-state index contributed by atoms with van der Waals surface area (Å²) in [6.45, 7) is 2.11. The largest absolute Gasteiger partial charge is 0.305 e. The van der Waals surface area contributed by atoms with E-state index in [-0.39, 0.29) is 11.9 Å². The minimum Gasteiger partial charge on any atom is -0.305 e. The normalized spacial score (nSPS) is 16.4. The summed E-state index contributed by atoms with van der Waals surface area (Å²) in [6, 6.07) is 28.3. The van der Waals surface area contributed by atoms with E-state index in [0.29, 0.717) is 0 Å². The van der Waals surface area contributed by atoms with Crippen molar-refractivity contribution in [1.29, 1.82) is 0 Å². The summed E-state index contributed by atoms with van der Waals surface area (Å²) in [7, 11) is 0.